The van der Waals surface area contributed by atoms with Crippen LogP contribution in [-0.4, -0.2) is 35.7 Å². The zero-order chi connectivity index (χ0) is 16.6. The summed E-state index contributed by atoms with van der Waals surface area (Å²) in [5.41, 5.74) is 5.88. The molecule has 6 nitrogen and oxygen atoms in total. The molecule has 0 aliphatic heterocycles. The van der Waals surface area contributed by atoms with E-state index in [1.165, 1.54) is 0 Å². The minimum absolute atomic E-state index is 0.0257. The van der Waals surface area contributed by atoms with Gasteiger partial charge in [-0.05, 0) is 12.0 Å². The van der Waals surface area contributed by atoms with Crippen molar-refractivity contribution in [3.05, 3.63) is 35.9 Å². The largest absolute Gasteiger partial charge is 0.480 e. The van der Waals surface area contributed by atoms with E-state index in [0.29, 0.717) is 0 Å². The molecule has 0 aliphatic rings. The van der Waals surface area contributed by atoms with E-state index in [1.54, 1.807) is 30.3 Å². The number of carboxylic acids is 1. The fourth-order valence-corrected chi connectivity index (χ4v) is 1.55. The van der Waals surface area contributed by atoms with Gasteiger partial charge in [-0.2, -0.15) is 0 Å². The molecule has 0 bridgehead atoms. The zero-order valence-electron chi connectivity index (χ0n) is 11.8. The first-order chi connectivity index (χ1) is 10.3. The summed E-state index contributed by atoms with van der Waals surface area (Å²) in [7, 11) is 0. The number of benzene rings is 1. The maximum atomic E-state index is 13.5. The minimum Gasteiger partial charge on any atom is -0.480 e. The number of hydrogen-bond donors (Lipinski definition) is 3. The second-order valence-corrected chi connectivity index (χ2v) is 4.75. The third kappa shape index (κ3) is 6.98. The number of alkyl carbamates (subject to hydrolysis) is 1. The second kappa shape index (κ2) is 8.28. The molecule has 4 N–H and O–H groups in total. The van der Waals surface area contributed by atoms with Crippen LogP contribution in [0.4, 0.5) is 13.6 Å². The van der Waals surface area contributed by atoms with E-state index in [4.69, 9.17) is 15.6 Å². The molecule has 0 fully saturated rings. The molecule has 0 aliphatic carbocycles. The Bertz CT molecular complexity index is 497. The van der Waals surface area contributed by atoms with Crippen LogP contribution in [0.25, 0.3) is 0 Å². The zero-order valence-corrected chi connectivity index (χ0v) is 11.8. The maximum Gasteiger partial charge on any atom is 0.407 e. The topological polar surface area (TPSA) is 102 Å². The molecular weight excluding hydrogens is 298 g/mol. The number of aliphatic carboxylic acids is 1. The minimum atomic E-state index is -3.25. The monoisotopic (exact) mass is 316 g/mol. The van der Waals surface area contributed by atoms with Crippen LogP contribution in [0.1, 0.15) is 18.4 Å². The lowest BCUT2D eigenvalue weighted by molar-refractivity contribution is -0.139. The number of carboxylic acid groups (broad SMARTS) is 1. The third-order valence-corrected chi connectivity index (χ3v) is 2.84. The predicted octanol–water partition coefficient (Wildman–Crippen LogP) is 1.74. The molecule has 1 atom stereocenters. The Morgan fingerprint density at radius 1 is 1.32 bits per heavy atom. The summed E-state index contributed by atoms with van der Waals surface area (Å²) in [5, 5.41) is 10.5. The molecule has 0 radical (unpaired) electrons. The number of nitrogens with two attached hydrogens (primary N) is 1. The number of nitrogens with one attached hydrogen (secondary N) is 1. The van der Waals surface area contributed by atoms with Gasteiger partial charge in [-0.15, -0.1) is 0 Å². The van der Waals surface area contributed by atoms with Gasteiger partial charge in [0.05, 0.1) is 6.54 Å². The lowest BCUT2D eigenvalue weighted by Gasteiger charge is -2.18. The normalized spacial score (nSPS) is 12.5. The first-order valence-corrected chi connectivity index (χ1v) is 6.61. The van der Waals surface area contributed by atoms with Gasteiger partial charge in [0.15, 0.2) is 0 Å². The van der Waals surface area contributed by atoms with Crippen molar-refractivity contribution < 1.29 is 28.2 Å². The van der Waals surface area contributed by atoms with Gasteiger partial charge in [-0.3, -0.25) is 4.79 Å². The number of carbonyl (C=O) groups excluding carboxylic acids is 1. The molecule has 8 heteroatoms. The second-order valence-electron chi connectivity index (χ2n) is 4.75. The SMILES string of the molecule is NC(CCC(F)(F)CNC(=O)OCc1ccccc1)C(=O)O. The molecule has 122 valence electrons. The molecule has 1 aromatic carbocycles. The molecule has 0 spiro atoms. The molecule has 0 saturated carbocycles. The summed E-state index contributed by atoms with van der Waals surface area (Å²) in [5.74, 6) is -4.59. The fraction of sp³-hybridized carbons (Fsp3) is 0.429. The first kappa shape index (κ1) is 17.8. The Morgan fingerprint density at radius 3 is 2.55 bits per heavy atom. The van der Waals surface area contributed by atoms with Gasteiger partial charge in [-0.25, -0.2) is 13.6 Å². The number of amides is 1. The van der Waals surface area contributed by atoms with Gasteiger partial charge in [0.1, 0.15) is 12.6 Å². The van der Waals surface area contributed by atoms with E-state index in [1.807, 2.05) is 5.32 Å². The Morgan fingerprint density at radius 2 is 1.95 bits per heavy atom. The smallest absolute Gasteiger partial charge is 0.407 e. The summed E-state index contributed by atoms with van der Waals surface area (Å²) in [6.45, 7) is -0.963. The van der Waals surface area contributed by atoms with Crippen molar-refractivity contribution in [1.82, 2.24) is 5.32 Å². The van der Waals surface area contributed by atoms with Crippen LogP contribution in [-0.2, 0) is 16.1 Å². The van der Waals surface area contributed by atoms with Crippen LogP contribution in [0.5, 0.6) is 0 Å². The molecule has 22 heavy (non-hydrogen) atoms. The fourth-order valence-electron chi connectivity index (χ4n) is 1.55. The number of hydrogen-bond acceptors (Lipinski definition) is 4. The maximum absolute atomic E-state index is 13.5. The molecule has 1 unspecified atom stereocenters. The first-order valence-electron chi connectivity index (χ1n) is 6.61. The van der Waals surface area contributed by atoms with E-state index < -0.39 is 37.0 Å². The highest BCUT2D eigenvalue weighted by molar-refractivity contribution is 5.73. The molecule has 0 heterocycles. The average Bonchev–Trinajstić information content (AvgIpc) is 2.49. The molecule has 1 aromatic rings. The van der Waals surface area contributed by atoms with Gasteiger partial charge in [0.25, 0.3) is 5.92 Å². The molecule has 0 aromatic heterocycles. The lowest BCUT2D eigenvalue weighted by atomic mass is 10.1. The molecular formula is C14H18F2N2O4. The summed E-state index contributed by atoms with van der Waals surface area (Å²) in [6.07, 6.45) is -2.09. The van der Waals surface area contributed by atoms with Crippen molar-refractivity contribution in [2.24, 2.45) is 5.73 Å². The summed E-state index contributed by atoms with van der Waals surface area (Å²) >= 11 is 0. The standard InChI is InChI=1S/C14H18F2N2O4/c15-14(16,7-6-11(17)12(19)20)9-18-13(21)22-8-10-4-2-1-3-5-10/h1-5,11H,6-9,17H2,(H,18,21)(H,19,20). The van der Waals surface area contributed by atoms with Crippen LogP contribution in [0.15, 0.2) is 30.3 Å². The van der Waals surface area contributed by atoms with Crippen molar-refractivity contribution >= 4 is 12.1 Å². The molecule has 1 rings (SSSR count). The predicted molar refractivity (Wildman–Crippen MR) is 74.4 cm³/mol. The highest BCUT2D eigenvalue weighted by atomic mass is 19.3. The van der Waals surface area contributed by atoms with Gasteiger partial charge in [0.2, 0.25) is 0 Å². The van der Waals surface area contributed by atoms with Crippen molar-refractivity contribution in [3.8, 4) is 0 Å². The van der Waals surface area contributed by atoms with E-state index >= 15 is 0 Å². The average molecular weight is 316 g/mol. The van der Waals surface area contributed by atoms with Crippen LogP contribution in [0.2, 0.25) is 0 Å². The number of ether oxygens (including phenoxy) is 1. The highest BCUT2D eigenvalue weighted by Gasteiger charge is 2.31. The van der Waals surface area contributed by atoms with E-state index in [0.717, 1.165) is 5.56 Å². The van der Waals surface area contributed by atoms with E-state index in [9.17, 15) is 18.4 Å². The van der Waals surface area contributed by atoms with Crippen molar-refractivity contribution in [2.75, 3.05) is 6.54 Å². The summed E-state index contributed by atoms with van der Waals surface area (Å²) in [4.78, 5) is 21.8. The van der Waals surface area contributed by atoms with Crippen molar-refractivity contribution in [3.63, 3.8) is 0 Å². The number of halogens is 2. The Balaban J connectivity index is 2.28. The van der Waals surface area contributed by atoms with Crippen LogP contribution in [0, 0.1) is 0 Å². The quantitative estimate of drug-likeness (QED) is 0.678. The van der Waals surface area contributed by atoms with Crippen LogP contribution < -0.4 is 11.1 Å². The summed E-state index contributed by atoms with van der Waals surface area (Å²) < 4.78 is 31.7. The lowest BCUT2D eigenvalue weighted by Crippen LogP contribution is -2.39. The highest BCUT2D eigenvalue weighted by Crippen LogP contribution is 2.20. The Hall–Kier alpha value is -2.22. The third-order valence-electron chi connectivity index (χ3n) is 2.84. The van der Waals surface area contributed by atoms with Gasteiger partial charge < -0.3 is 20.9 Å². The van der Waals surface area contributed by atoms with Crippen molar-refractivity contribution in [2.45, 2.75) is 31.4 Å². The summed E-state index contributed by atoms with van der Waals surface area (Å²) in [6, 6.07) is 7.43. The van der Waals surface area contributed by atoms with Crippen LogP contribution in [0.3, 0.4) is 0 Å². The molecule has 1 amide bonds. The number of alkyl halides is 2. The van der Waals surface area contributed by atoms with E-state index in [-0.39, 0.29) is 13.0 Å². The van der Waals surface area contributed by atoms with Crippen LogP contribution >= 0.6 is 0 Å². The van der Waals surface area contributed by atoms with Gasteiger partial charge in [-0.1, -0.05) is 30.3 Å². The Labute approximate surface area is 126 Å². The van der Waals surface area contributed by atoms with Crippen molar-refractivity contribution in [1.29, 1.82) is 0 Å². The molecule has 0 saturated heterocycles. The van der Waals surface area contributed by atoms with Gasteiger partial charge in [0, 0.05) is 6.42 Å². The van der Waals surface area contributed by atoms with E-state index in [2.05, 4.69) is 0 Å². The number of carbonyl (C=O) groups is 2. The number of rotatable bonds is 8. The van der Waals surface area contributed by atoms with Gasteiger partial charge >= 0.3 is 12.1 Å². The Kier molecular flexibility index (Phi) is 6.71.